The SMILES string of the molecule is CCCN(CCC)C(=O)c1ccc(C)o1. The van der Waals surface area contributed by atoms with Gasteiger partial charge in [-0.2, -0.15) is 0 Å². The van der Waals surface area contributed by atoms with Crippen molar-refractivity contribution in [2.24, 2.45) is 0 Å². The molecule has 0 saturated carbocycles. The minimum atomic E-state index is 0.00630. The molecule has 1 heterocycles. The molecule has 1 amide bonds. The predicted octanol–water partition coefficient (Wildman–Crippen LogP) is 2.85. The van der Waals surface area contributed by atoms with Crippen molar-refractivity contribution in [3.05, 3.63) is 23.7 Å². The Balaban J connectivity index is 2.71. The van der Waals surface area contributed by atoms with E-state index in [4.69, 9.17) is 4.42 Å². The number of aryl methyl sites for hydroxylation is 1. The van der Waals surface area contributed by atoms with Gasteiger partial charge in [0.15, 0.2) is 5.76 Å². The highest BCUT2D eigenvalue weighted by Gasteiger charge is 2.16. The number of rotatable bonds is 5. The van der Waals surface area contributed by atoms with E-state index < -0.39 is 0 Å². The van der Waals surface area contributed by atoms with Crippen molar-refractivity contribution >= 4 is 5.91 Å². The zero-order chi connectivity index (χ0) is 11.3. The van der Waals surface area contributed by atoms with Crippen molar-refractivity contribution in [3.8, 4) is 0 Å². The van der Waals surface area contributed by atoms with E-state index in [0.29, 0.717) is 5.76 Å². The van der Waals surface area contributed by atoms with E-state index in [2.05, 4.69) is 13.8 Å². The molecule has 0 aliphatic rings. The van der Waals surface area contributed by atoms with Gasteiger partial charge in [-0.15, -0.1) is 0 Å². The van der Waals surface area contributed by atoms with Gasteiger partial charge in [0.1, 0.15) is 5.76 Å². The fourth-order valence-corrected chi connectivity index (χ4v) is 1.56. The molecule has 0 saturated heterocycles. The van der Waals surface area contributed by atoms with Crippen molar-refractivity contribution in [3.63, 3.8) is 0 Å². The number of hydrogen-bond donors (Lipinski definition) is 0. The molecular weight excluding hydrogens is 190 g/mol. The van der Waals surface area contributed by atoms with Crippen LogP contribution >= 0.6 is 0 Å². The maximum Gasteiger partial charge on any atom is 0.289 e. The summed E-state index contributed by atoms with van der Waals surface area (Å²) in [6.45, 7) is 7.59. The summed E-state index contributed by atoms with van der Waals surface area (Å²) in [5.41, 5.74) is 0. The number of hydrogen-bond acceptors (Lipinski definition) is 2. The standard InChI is InChI=1S/C12H19NO2/c1-4-8-13(9-5-2)12(14)11-7-6-10(3)15-11/h6-7H,4-5,8-9H2,1-3H3. The van der Waals surface area contributed by atoms with Crippen molar-refractivity contribution < 1.29 is 9.21 Å². The lowest BCUT2D eigenvalue weighted by molar-refractivity contribution is 0.0722. The van der Waals surface area contributed by atoms with Crippen molar-refractivity contribution in [1.29, 1.82) is 0 Å². The van der Waals surface area contributed by atoms with Crippen LogP contribution in [0.15, 0.2) is 16.5 Å². The molecule has 0 spiro atoms. The summed E-state index contributed by atoms with van der Waals surface area (Å²) >= 11 is 0. The van der Waals surface area contributed by atoms with Crippen LogP contribution < -0.4 is 0 Å². The lowest BCUT2D eigenvalue weighted by atomic mass is 10.3. The van der Waals surface area contributed by atoms with Gasteiger partial charge < -0.3 is 9.32 Å². The molecule has 0 aliphatic heterocycles. The minimum Gasteiger partial charge on any atom is -0.456 e. The molecule has 0 radical (unpaired) electrons. The highest BCUT2D eigenvalue weighted by Crippen LogP contribution is 2.10. The quantitative estimate of drug-likeness (QED) is 0.747. The van der Waals surface area contributed by atoms with E-state index >= 15 is 0 Å². The lowest BCUT2D eigenvalue weighted by Gasteiger charge is -2.19. The number of furan rings is 1. The maximum absolute atomic E-state index is 12.0. The van der Waals surface area contributed by atoms with Crippen LogP contribution in [-0.2, 0) is 0 Å². The topological polar surface area (TPSA) is 33.5 Å². The molecule has 3 heteroatoms. The van der Waals surface area contributed by atoms with Crippen LogP contribution in [0.2, 0.25) is 0 Å². The zero-order valence-electron chi connectivity index (χ0n) is 9.75. The number of nitrogens with zero attached hydrogens (tertiary/aromatic N) is 1. The highest BCUT2D eigenvalue weighted by molar-refractivity contribution is 5.91. The molecule has 0 aromatic carbocycles. The Kier molecular flexibility index (Phi) is 4.40. The largest absolute Gasteiger partial charge is 0.456 e. The minimum absolute atomic E-state index is 0.00630. The Morgan fingerprint density at radius 3 is 2.27 bits per heavy atom. The van der Waals surface area contributed by atoms with Crippen LogP contribution in [0.1, 0.15) is 43.0 Å². The Bertz CT molecular complexity index is 311. The first kappa shape index (κ1) is 11.8. The third-order valence-corrected chi connectivity index (χ3v) is 2.23. The summed E-state index contributed by atoms with van der Waals surface area (Å²) in [5.74, 6) is 1.24. The molecule has 84 valence electrons. The van der Waals surface area contributed by atoms with Gasteiger partial charge in [0.2, 0.25) is 0 Å². The van der Waals surface area contributed by atoms with Crippen LogP contribution in [0.5, 0.6) is 0 Å². The molecule has 3 nitrogen and oxygen atoms in total. The highest BCUT2D eigenvalue weighted by atomic mass is 16.3. The van der Waals surface area contributed by atoms with E-state index in [0.717, 1.165) is 31.7 Å². The van der Waals surface area contributed by atoms with Crippen molar-refractivity contribution in [2.45, 2.75) is 33.6 Å². The van der Waals surface area contributed by atoms with Gasteiger partial charge >= 0.3 is 0 Å². The summed E-state index contributed by atoms with van der Waals surface area (Å²) in [6, 6.07) is 3.57. The molecule has 0 fully saturated rings. The second-order valence-electron chi connectivity index (χ2n) is 3.70. The van der Waals surface area contributed by atoms with Crippen LogP contribution in [0.4, 0.5) is 0 Å². The van der Waals surface area contributed by atoms with E-state index in [1.807, 2.05) is 17.9 Å². The van der Waals surface area contributed by atoms with E-state index in [9.17, 15) is 4.79 Å². The Morgan fingerprint density at radius 2 is 1.87 bits per heavy atom. The maximum atomic E-state index is 12.0. The van der Waals surface area contributed by atoms with Crippen molar-refractivity contribution in [2.75, 3.05) is 13.1 Å². The lowest BCUT2D eigenvalue weighted by Crippen LogP contribution is -2.32. The van der Waals surface area contributed by atoms with Crippen LogP contribution in [0, 0.1) is 6.92 Å². The Labute approximate surface area is 91.1 Å². The van der Waals surface area contributed by atoms with Gasteiger partial charge in [-0.3, -0.25) is 4.79 Å². The first-order chi connectivity index (χ1) is 7.19. The van der Waals surface area contributed by atoms with Gasteiger partial charge in [-0.25, -0.2) is 0 Å². The summed E-state index contributed by atoms with van der Waals surface area (Å²) in [6.07, 6.45) is 1.96. The average Bonchev–Trinajstić information content (AvgIpc) is 2.63. The molecule has 0 N–H and O–H groups in total. The molecular formula is C12H19NO2. The summed E-state index contributed by atoms with van der Waals surface area (Å²) in [5, 5.41) is 0. The van der Waals surface area contributed by atoms with E-state index in [1.165, 1.54) is 0 Å². The molecule has 0 unspecified atom stereocenters. The smallest absolute Gasteiger partial charge is 0.289 e. The fraction of sp³-hybridized carbons (Fsp3) is 0.583. The van der Waals surface area contributed by atoms with Gasteiger partial charge in [0.25, 0.3) is 5.91 Å². The monoisotopic (exact) mass is 209 g/mol. The van der Waals surface area contributed by atoms with E-state index in [1.54, 1.807) is 6.07 Å². The number of amides is 1. The third-order valence-electron chi connectivity index (χ3n) is 2.23. The second kappa shape index (κ2) is 5.59. The normalized spacial score (nSPS) is 10.3. The van der Waals surface area contributed by atoms with Gasteiger partial charge in [-0.1, -0.05) is 13.8 Å². The number of carbonyl (C=O) groups is 1. The zero-order valence-corrected chi connectivity index (χ0v) is 9.75. The average molecular weight is 209 g/mol. The molecule has 0 atom stereocenters. The number of carbonyl (C=O) groups excluding carboxylic acids is 1. The summed E-state index contributed by atoms with van der Waals surface area (Å²) in [4.78, 5) is 13.8. The first-order valence-corrected chi connectivity index (χ1v) is 5.54. The summed E-state index contributed by atoms with van der Waals surface area (Å²) < 4.78 is 5.33. The molecule has 1 aromatic rings. The Morgan fingerprint density at radius 1 is 1.27 bits per heavy atom. The molecule has 1 aromatic heterocycles. The third kappa shape index (κ3) is 3.11. The van der Waals surface area contributed by atoms with Crippen LogP contribution in [-0.4, -0.2) is 23.9 Å². The van der Waals surface area contributed by atoms with Gasteiger partial charge in [0.05, 0.1) is 0 Å². The molecule has 0 bridgehead atoms. The molecule has 0 aliphatic carbocycles. The van der Waals surface area contributed by atoms with Gasteiger partial charge in [-0.05, 0) is 31.9 Å². The van der Waals surface area contributed by atoms with Crippen LogP contribution in [0.25, 0.3) is 0 Å². The Hall–Kier alpha value is -1.25. The van der Waals surface area contributed by atoms with Crippen molar-refractivity contribution in [1.82, 2.24) is 4.90 Å². The second-order valence-corrected chi connectivity index (χ2v) is 3.70. The summed E-state index contributed by atoms with van der Waals surface area (Å²) in [7, 11) is 0. The fourth-order valence-electron chi connectivity index (χ4n) is 1.56. The van der Waals surface area contributed by atoms with E-state index in [-0.39, 0.29) is 5.91 Å². The molecule has 15 heavy (non-hydrogen) atoms. The molecule has 1 rings (SSSR count). The first-order valence-electron chi connectivity index (χ1n) is 5.54. The van der Waals surface area contributed by atoms with Crippen LogP contribution in [0.3, 0.4) is 0 Å². The van der Waals surface area contributed by atoms with Gasteiger partial charge in [0, 0.05) is 13.1 Å². The predicted molar refractivity (Wildman–Crippen MR) is 59.9 cm³/mol.